The first-order valence-electron chi connectivity index (χ1n) is 11.6. The van der Waals surface area contributed by atoms with E-state index in [9.17, 15) is 9.59 Å². The van der Waals surface area contributed by atoms with Crippen LogP contribution >= 0.6 is 0 Å². The second-order valence-electron chi connectivity index (χ2n) is 8.50. The Morgan fingerprint density at radius 3 is 2.48 bits per heavy atom. The highest BCUT2D eigenvalue weighted by Gasteiger charge is 2.37. The first-order chi connectivity index (χ1) is 16.2. The molecule has 4 N–H and O–H groups in total. The van der Waals surface area contributed by atoms with Gasteiger partial charge in [-0.25, -0.2) is 0 Å². The van der Waals surface area contributed by atoms with Gasteiger partial charge >= 0.3 is 0 Å². The lowest BCUT2D eigenvalue weighted by Gasteiger charge is -2.18. The topological polar surface area (TPSA) is 98.9 Å². The summed E-state index contributed by atoms with van der Waals surface area (Å²) in [6, 6.07) is 21.4. The van der Waals surface area contributed by atoms with E-state index >= 15 is 0 Å². The van der Waals surface area contributed by atoms with Crippen molar-refractivity contribution in [1.82, 2.24) is 26.1 Å². The number of hydrogen-bond donors (Lipinski definition) is 4. The number of nitrogens with one attached hydrogen (secondary N) is 4. The highest BCUT2D eigenvalue weighted by Crippen LogP contribution is 2.40. The molecule has 172 valence electrons. The number of nitrogens with zero attached hydrogens (tertiary/aromatic N) is 1. The first kappa shape index (κ1) is 22.7. The van der Waals surface area contributed by atoms with E-state index in [1.54, 1.807) is 18.3 Å². The lowest BCUT2D eigenvalue weighted by atomic mass is 10.1. The van der Waals surface area contributed by atoms with Gasteiger partial charge in [-0.1, -0.05) is 48.5 Å². The van der Waals surface area contributed by atoms with Gasteiger partial charge in [0.25, 0.3) is 5.91 Å². The fourth-order valence-electron chi connectivity index (χ4n) is 4.04. The van der Waals surface area contributed by atoms with Gasteiger partial charge in [0.15, 0.2) is 0 Å². The molecule has 0 saturated heterocycles. The molecule has 1 fully saturated rings. The Bertz CT molecular complexity index is 1010. The molecule has 1 aromatic heterocycles. The number of H-pyrrole nitrogens is 1. The number of aromatic amines is 1. The second-order valence-corrected chi connectivity index (χ2v) is 8.50. The maximum atomic E-state index is 12.8. The van der Waals surface area contributed by atoms with Crippen molar-refractivity contribution in [1.29, 1.82) is 0 Å². The Morgan fingerprint density at radius 2 is 1.76 bits per heavy atom. The van der Waals surface area contributed by atoms with E-state index in [2.05, 4.69) is 50.4 Å². The summed E-state index contributed by atoms with van der Waals surface area (Å²) in [5.74, 6) is 0.185. The lowest BCUT2D eigenvalue weighted by Crippen LogP contribution is -2.46. The second kappa shape index (κ2) is 11.4. The molecule has 3 atom stereocenters. The SMILES string of the molecule is O=C(NC(CCCCNC1CC1c1ccccc1)C(=O)NCc1ccn[nH]1)c1ccccc1. The molecule has 1 saturated carbocycles. The van der Waals surface area contributed by atoms with Gasteiger partial charge in [0, 0.05) is 23.7 Å². The maximum Gasteiger partial charge on any atom is 0.251 e. The summed E-state index contributed by atoms with van der Waals surface area (Å²) in [6.45, 7) is 1.25. The quantitative estimate of drug-likeness (QED) is 0.322. The van der Waals surface area contributed by atoms with Gasteiger partial charge in [-0.2, -0.15) is 5.10 Å². The minimum Gasteiger partial charge on any atom is -0.349 e. The van der Waals surface area contributed by atoms with Crippen LogP contribution in [0.3, 0.4) is 0 Å². The van der Waals surface area contributed by atoms with E-state index in [-0.39, 0.29) is 11.8 Å². The summed E-state index contributed by atoms with van der Waals surface area (Å²) in [7, 11) is 0. The molecule has 0 bridgehead atoms. The molecule has 1 aliphatic rings. The molecule has 2 amide bonds. The Morgan fingerprint density at radius 1 is 1.00 bits per heavy atom. The summed E-state index contributed by atoms with van der Waals surface area (Å²) < 4.78 is 0. The molecule has 7 heteroatoms. The average Bonchev–Trinajstić information content (AvgIpc) is 3.44. The zero-order valence-electron chi connectivity index (χ0n) is 18.7. The van der Waals surface area contributed by atoms with Crippen LogP contribution in [0.1, 0.15) is 53.2 Å². The molecule has 33 heavy (non-hydrogen) atoms. The van der Waals surface area contributed by atoms with Gasteiger partial charge in [0.05, 0.1) is 12.2 Å². The van der Waals surface area contributed by atoms with E-state index in [4.69, 9.17) is 0 Å². The number of aromatic nitrogens is 2. The predicted molar refractivity (Wildman–Crippen MR) is 128 cm³/mol. The third-order valence-electron chi connectivity index (χ3n) is 6.01. The zero-order chi connectivity index (χ0) is 22.9. The largest absolute Gasteiger partial charge is 0.349 e. The molecule has 1 heterocycles. The van der Waals surface area contributed by atoms with Crippen LogP contribution in [0.4, 0.5) is 0 Å². The molecule has 4 rings (SSSR count). The highest BCUT2D eigenvalue weighted by molar-refractivity contribution is 5.97. The number of unbranched alkanes of at least 4 members (excludes halogenated alkanes) is 1. The van der Waals surface area contributed by atoms with Crippen molar-refractivity contribution in [3.8, 4) is 0 Å². The molecule has 3 unspecified atom stereocenters. The predicted octanol–water partition coefficient (Wildman–Crippen LogP) is 3.14. The Hall–Kier alpha value is -3.45. The van der Waals surface area contributed by atoms with Crippen molar-refractivity contribution in [3.05, 3.63) is 89.7 Å². The van der Waals surface area contributed by atoms with Crippen molar-refractivity contribution in [2.24, 2.45) is 0 Å². The van der Waals surface area contributed by atoms with E-state index in [0.29, 0.717) is 30.5 Å². The molecule has 1 aliphatic carbocycles. The van der Waals surface area contributed by atoms with E-state index in [1.807, 2.05) is 30.3 Å². The molecule has 2 aromatic carbocycles. The van der Waals surface area contributed by atoms with Crippen molar-refractivity contribution in [2.75, 3.05) is 6.54 Å². The number of carbonyl (C=O) groups is 2. The van der Waals surface area contributed by atoms with Gasteiger partial charge in [-0.15, -0.1) is 0 Å². The third-order valence-corrected chi connectivity index (χ3v) is 6.01. The lowest BCUT2D eigenvalue weighted by molar-refractivity contribution is -0.123. The molecule has 0 aliphatic heterocycles. The van der Waals surface area contributed by atoms with Crippen LogP contribution in [0.5, 0.6) is 0 Å². The summed E-state index contributed by atoms with van der Waals surface area (Å²) in [5, 5.41) is 16.1. The van der Waals surface area contributed by atoms with Crippen molar-refractivity contribution in [3.63, 3.8) is 0 Å². The van der Waals surface area contributed by atoms with Gasteiger partial charge in [-0.05, 0) is 56.0 Å². The Labute approximate surface area is 194 Å². The highest BCUT2D eigenvalue weighted by atomic mass is 16.2. The standard InChI is InChI=1S/C26H31N5O2/c32-25(20-11-5-2-6-12-20)30-23(26(33)28-18-21-14-16-29-31-21)13-7-8-15-27-24-17-22(24)19-9-3-1-4-10-19/h1-6,9-12,14,16,22-24,27H,7-8,13,15,17-18H2,(H,28,33)(H,29,31)(H,30,32). The molecule has 0 spiro atoms. The molecule has 7 nitrogen and oxygen atoms in total. The van der Waals surface area contributed by atoms with Crippen LogP contribution in [0.2, 0.25) is 0 Å². The number of amides is 2. The summed E-state index contributed by atoms with van der Waals surface area (Å²) in [6.07, 6.45) is 5.19. The van der Waals surface area contributed by atoms with Crippen LogP contribution in [0.15, 0.2) is 72.9 Å². The van der Waals surface area contributed by atoms with Crippen molar-refractivity contribution < 1.29 is 9.59 Å². The van der Waals surface area contributed by atoms with E-state index in [0.717, 1.165) is 25.1 Å². The van der Waals surface area contributed by atoms with E-state index in [1.165, 1.54) is 12.0 Å². The monoisotopic (exact) mass is 445 g/mol. The first-order valence-corrected chi connectivity index (χ1v) is 11.6. The average molecular weight is 446 g/mol. The van der Waals surface area contributed by atoms with Crippen molar-refractivity contribution in [2.45, 2.75) is 50.2 Å². The number of hydrogen-bond acceptors (Lipinski definition) is 4. The summed E-state index contributed by atoms with van der Waals surface area (Å²) in [4.78, 5) is 25.4. The van der Waals surface area contributed by atoms with Crippen molar-refractivity contribution >= 4 is 11.8 Å². The van der Waals surface area contributed by atoms with Crippen LogP contribution in [-0.4, -0.2) is 40.6 Å². The minimum absolute atomic E-state index is 0.187. The zero-order valence-corrected chi connectivity index (χ0v) is 18.7. The third kappa shape index (κ3) is 6.76. The fourth-order valence-corrected chi connectivity index (χ4v) is 4.04. The number of carbonyl (C=O) groups excluding carboxylic acids is 2. The maximum absolute atomic E-state index is 12.8. The van der Waals surface area contributed by atoms with Crippen LogP contribution in [-0.2, 0) is 11.3 Å². The van der Waals surface area contributed by atoms with Crippen LogP contribution < -0.4 is 16.0 Å². The van der Waals surface area contributed by atoms with Crippen LogP contribution in [0, 0.1) is 0 Å². The number of rotatable bonds is 12. The van der Waals surface area contributed by atoms with Gasteiger partial charge < -0.3 is 16.0 Å². The summed E-state index contributed by atoms with van der Waals surface area (Å²) in [5.41, 5.74) is 2.76. The smallest absolute Gasteiger partial charge is 0.251 e. The molecular formula is C26H31N5O2. The molecular weight excluding hydrogens is 414 g/mol. The Kier molecular flexibility index (Phi) is 7.87. The van der Waals surface area contributed by atoms with Gasteiger partial charge in [-0.3, -0.25) is 14.7 Å². The Balaban J connectivity index is 1.23. The number of benzene rings is 2. The normalized spacial score (nSPS) is 17.8. The fraction of sp³-hybridized carbons (Fsp3) is 0.346. The summed E-state index contributed by atoms with van der Waals surface area (Å²) >= 11 is 0. The van der Waals surface area contributed by atoms with E-state index < -0.39 is 6.04 Å². The van der Waals surface area contributed by atoms with Gasteiger partial charge in [0.1, 0.15) is 6.04 Å². The molecule has 0 radical (unpaired) electrons. The van der Waals surface area contributed by atoms with Crippen LogP contribution in [0.25, 0.3) is 0 Å². The molecule has 3 aromatic rings. The van der Waals surface area contributed by atoms with Gasteiger partial charge in [0.2, 0.25) is 5.91 Å². The minimum atomic E-state index is -0.585.